The molecule has 7 nitrogen and oxygen atoms in total. The summed E-state index contributed by atoms with van der Waals surface area (Å²) < 4.78 is 2.18. The van der Waals surface area contributed by atoms with Gasteiger partial charge in [0.2, 0.25) is 5.91 Å². The van der Waals surface area contributed by atoms with Gasteiger partial charge in [0.1, 0.15) is 5.82 Å². The minimum absolute atomic E-state index is 0.00740. The van der Waals surface area contributed by atoms with Crippen molar-refractivity contribution in [2.24, 2.45) is 0 Å². The zero-order chi connectivity index (χ0) is 23.0. The highest BCUT2D eigenvalue weighted by Crippen LogP contribution is 2.22. The molecule has 1 fully saturated rings. The lowest BCUT2D eigenvalue weighted by Crippen LogP contribution is -2.21. The van der Waals surface area contributed by atoms with E-state index in [-0.39, 0.29) is 11.7 Å². The highest BCUT2D eigenvalue weighted by atomic mass is 32.2. The first-order valence-corrected chi connectivity index (χ1v) is 12.3. The summed E-state index contributed by atoms with van der Waals surface area (Å²) in [5, 5.41) is 12.7. The number of hydrogen-bond acceptors (Lipinski definition) is 6. The highest BCUT2D eigenvalue weighted by molar-refractivity contribution is 7.99. The fourth-order valence-electron chi connectivity index (χ4n) is 3.86. The lowest BCUT2D eigenvalue weighted by molar-refractivity contribution is -0.115. The van der Waals surface area contributed by atoms with Gasteiger partial charge in [0, 0.05) is 23.4 Å². The number of anilines is 1. The maximum Gasteiger partial charge on any atom is 0.225 e. The second kappa shape index (κ2) is 11.2. The van der Waals surface area contributed by atoms with Gasteiger partial charge in [-0.25, -0.2) is 0 Å². The topological polar surface area (TPSA) is 80.1 Å². The predicted octanol–water partition coefficient (Wildman–Crippen LogP) is 4.25. The van der Waals surface area contributed by atoms with Crippen molar-refractivity contribution in [2.45, 2.75) is 44.4 Å². The predicted molar refractivity (Wildman–Crippen MR) is 130 cm³/mol. The molecule has 1 aromatic heterocycles. The van der Waals surface area contributed by atoms with Crippen LogP contribution in [0.2, 0.25) is 0 Å². The van der Waals surface area contributed by atoms with Crippen molar-refractivity contribution in [3.63, 3.8) is 0 Å². The molecule has 1 amide bonds. The number of nitrogens with zero attached hydrogens (tertiary/aromatic N) is 4. The van der Waals surface area contributed by atoms with E-state index < -0.39 is 0 Å². The Morgan fingerprint density at radius 3 is 2.39 bits per heavy atom. The Balaban J connectivity index is 1.36. The van der Waals surface area contributed by atoms with Crippen LogP contribution in [0, 0.1) is 0 Å². The van der Waals surface area contributed by atoms with E-state index >= 15 is 0 Å². The second-order valence-corrected chi connectivity index (χ2v) is 9.30. The summed E-state index contributed by atoms with van der Waals surface area (Å²) in [5.41, 5.74) is 2.52. The maximum absolute atomic E-state index is 12.4. The molecule has 1 aliphatic rings. The summed E-state index contributed by atoms with van der Waals surface area (Å²) in [6.45, 7) is 5.26. The highest BCUT2D eigenvalue weighted by Gasteiger charge is 2.19. The smallest absolute Gasteiger partial charge is 0.225 e. The summed E-state index contributed by atoms with van der Waals surface area (Å²) in [6, 6.07) is 17.3. The van der Waals surface area contributed by atoms with Gasteiger partial charge in [-0.15, -0.1) is 10.2 Å². The second-order valence-electron chi connectivity index (χ2n) is 8.23. The third kappa shape index (κ3) is 6.52. The average Bonchev–Trinajstić information content (AvgIpc) is 3.46. The van der Waals surface area contributed by atoms with E-state index in [0.29, 0.717) is 30.0 Å². The molecular weight excluding hydrogens is 434 g/mol. The van der Waals surface area contributed by atoms with Crippen molar-refractivity contribution >= 4 is 29.1 Å². The van der Waals surface area contributed by atoms with E-state index in [0.717, 1.165) is 30.6 Å². The number of aromatic nitrogens is 3. The summed E-state index contributed by atoms with van der Waals surface area (Å²) in [7, 11) is 0. The first kappa shape index (κ1) is 23.2. The van der Waals surface area contributed by atoms with Crippen LogP contribution in [0.5, 0.6) is 0 Å². The Hall–Kier alpha value is -2.97. The van der Waals surface area contributed by atoms with E-state index in [1.54, 1.807) is 36.0 Å². The van der Waals surface area contributed by atoms with Crippen LogP contribution in [0.25, 0.3) is 0 Å². The standard InChI is InChI=1S/C25H29N5O2S/c1-19(31)21-9-11-22(12-10-21)26-24(32)13-16-33-25-28-27-23(18-29-14-5-6-15-29)30(25)17-20-7-3-2-4-8-20/h2-4,7-12H,5-6,13-18H2,1H3,(H,26,32). The third-order valence-corrected chi connectivity index (χ3v) is 6.64. The van der Waals surface area contributed by atoms with Gasteiger partial charge in [0.05, 0.1) is 13.1 Å². The first-order valence-electron chi connectivity index (χ1n) is 11.3. The van der Waals surface area contributed by atoms with Gasteiger partial charge in [-0.05, 0) is 62.7 Å². The number of ketones is 1. The molecule has 0 unspecified atom stereocenters. The molecular formula is C25H29N5O2S. The third-order valence-electron chi connectivity index (χ3n) is 5.68. The molecule has 0 atom stereocenters. The zero-order valence-electron chi connectivity index (χ0n) is 18.9. The Morgan fingerprint density at radius 2 is 1.70 bits per heavy atom. The number of likely N-dealkylation sites (tertiary alicyclic amines) is 1. The van der Waals surface area contributed by atoms with E-state index in [1.165, 1.54) is 25.3 Å². The van der Waals surface area contributed by atoms with Gasteiger partial charge >= 0.3 is 0 Å². The van der Waals surface area contributed by atoms with Crippen molar-refractivity contribution in [1.29, 1.82) is 0 Å². The summed E-state index contributed by atoms with van der Waals surface area (Å²) in [5.74, 6) is 1.52. The Morgan fingerprint density at radius 1 is 0.970 bits per heavy atom. The van der Waals surface area contributed by atoms with Gasteiger partial charge in [-0.3, -0.25) is 14.5 Å². The van der Waals surface area contributed by atoms with Gasteiger partial charge in [0.15, 0.2) is 10.9 Å². The minimum atomic E-state index is -0.0653. The number of amides is 1. The number of rotatable bonds is 10. The number of nitrogens with one attached hydrogen (secondary N) is 1. The van der Waals surface area contributed by atoms with Crippen LogP contribution in [-0.2, 0) is 17.9 Å². The van der Waals surface area contributed by atoms with Crippen LogP contribution in [-0.4, -0.2) is 50.2 Å². The van der Waals surface area contributed by atoms with Crippen molar-refractivity contribution < 1.29 is 9.59 Å². The summed E-state index contributed by atoms with van der Waals surface area (Å²) in [6.07, 6.45) is 2.83. The SMILES string of the molecule is CC(=O)c1ccc(NC(=O)CCSc2nnc(CN3CCCC3)n2Cc2ccccc2)cc1. The van der Waals surface area contributed by atoms with Crippen LogP contribution >= 0.6 is 11.8 Å². The van der Waals surface area contributed by atoms with Crippen molar-refractivity contribution in [3.05, 3.63) is 71.5 Å². The van der Waals surface area contributed by atoms with Crippen molar-refractivity contribution in [3.8, 4) is 0 Å². The fourth-order valence-corrected chi connectivity index (χ4v) is 4.75. The molecule has 0 bridgehead atoms. The Bertz CT molecular complexity index is 1080. The lowest BCUT2D eigenvalue weighted by atomic mass is 10.1. The molecule has 0 saturated carbocycles. The number of carbonyl (C=O) groups is 2. The van der Waals surface area contributed by atoms with E-state index in [2.05, 4.69) is 37.1 Å². The van der Waals surface area contributed by atoms with Gasteiger partial charge in [0.25, 0.3) is 0 Å². The fraction of sp³-hybridized carbons (Fsp3) is 0.360. The van der Waals surface area contributed by atoms with E-state index in [1.807, 2.05) is 18.2 Å². The molecule has 1 N–H and O–H groups in total. The summed E-state index contributed by atoms with van der Waals surface area (Å²) in [4.78, 5) is 26.2. The summed E-state index contributed by atoms with van der Waals surface area (Å²) >= 11 is 1.56. The van der Waals surface area contributed by atoms with Gasteiger partial charge in [-0.2, -0.15) is 0 Å². The maximum atomic E-state index is 12.4. The van der Waals surface area contributed by atoms with Crippen LogP contribution in [0.1, 0.15) is 47.9 Å². The van der Waals surface area contributed by atoms with Crippen LogP contribution < -0.4 is 5.32 Å². The molecule has 1 aliphatic heterocycles. The quantitative estimate of drug-likeness (QED) is 0.358. The van der Waals surface area contributed by atoms with Crippen LogP contribution in [0.4, 0.5) is 5.69 Å². The van der Waals surface area contributed by atoms with Gasteiger partial charge < -0.3 is 9.88 Å². The number of hydrogen-bond donors (Lipinski definition) is 1. The van der Waals surface area contributed by atoms with Crippen molar-refractivity contribution in [2.75, 3.05) is 24.2 Å². The van der Waals surface area contributed by atoms with E-state index in [9.17, 15) is 9.59 Å². The molecule has 3 aromatic rings. The largest absolute Gasteiger partial charge is 0.326 e. The first-order chi connectivity index (χ1) is 16.1. The molecule has 0 spiro atoms. The number of Topliss-reactive ketones (excluding diaryl/α,β-unsaturated/α-hetero) is 1. The molecule has 0 aliphatic carbocycles. The number of benzene rings is 2. The Kier molecular flexibility index (Phi) is 7.91. The molecule has 33 heavy (non-hydrogen) atoms. The normalized spacial score (nSPS) is 13.8. The molecule has 172 valence electrons. The zero-order valence-corrected chi connectivity index (χ0v) is 19.7. The molecule has 2 heterocycles. The van der Waals surface area contributed by atoms with Gasteiger partial charge in [-0.1, -0.05) is 42.1 Å². The molecule has 1 saturated heterocycles. The van der Waals surface area contributed by atoms with Crippen LogP contribution in [0.3, 0.4) is 0 Å². The average molecular weight is 464 g/mol. The molecule has 4 rings (SSSR count). The lowest BCUT2D eigenvalue weighted by Gasteiger charge is -2.16. The molecule has 0 radical (unpaired) electrons. The minimum Gasteiger partial charge on any atom is -0.326 e. The monoisotopic (exact) mass is 463 g/mol. The molecule has 2 aromatic carbocycles. The van der Waals surface area contributed by atoms with Crippen LogP contribution in [0.15, 0.2) is 59.8 Å². The molecule has 8 heteroatoms. The number of thioether (sulfide) groups is 1. The van der Waals surface area contributed by atoms with Crippen molar-refractivity contribution in [1.82, 2.24) is 19.7 Å². The Labute approximate surface area is 198 Å². The van der Waals surface area contributed by atoms with E-state index in [4.69, 9.17) is 0 Å². The number of carbonyl (C=O) groups excluding carboxylic acids is 2.